The van der Waals surface area contributed by atoms with Gasteiger partial charge in [-0.3, -0.25) is 0 Å². The summed E-state index contributed by atoms with van der Waals surface area (Å²) in [4.78, 5) is 11.1. The second kappa shape index (κ2) is 7.53. The van der Waals surface area contributed by atoms with E-state index in [9.17, 15) is 17.6 Å². The van der Waals surface area contributed by atoms with Crippen LogP contribution in [0.15, 0.2) is 21.5 Å². The van der Waals surface area contributed by atoms with E-state index in [0.29, 0.717) is 6.61 Å². The van der Waals surface area contributed by atoms with Crippen LogP contribution in [-0.4, -0.2) is 33.7 Å². The number of carbonyl (C=O) groups excluding carboxylic acids is 1. The lowest BCUT2D eigenvalue weighted by molar-refractivity contribution is 0.00395. The molecule has 1 aromatic rings. The molecule has 0 fully saturated rings. The zero-order chi connectivity index (χ0) is 16.2. The van der Waals surface area contributed by atoms with Gasteiger partial charge in [-0.1, -0.05) is 15.9 Å². The molecule has 118 valence electrons. The van der Waals surface area contributed by atoms with Gasteiger partial charge in [0.15, 0.2) is 5.82 Å². The summed E-state index contributed by atoms with van der Waals surface area (Å²) in [6, 6.07) is 2.09. The Morgan fingerprint density at radius 3 is 2.62 bits per heavy atom. The van der Waals surface area contributed by atoms with Crippen molar-refractivity contribution in [3.05, 3.63) is 28.0 Å². The number of rotatable bonds is 6. The minimum atomic E-state index is -4.32. The largest absolute Gasteiger partial charge is 0.457 e. The Morgan fingerprint density at radius 1 is 1.48 bits per heavy atom. The zero-order valence-electron chi connectivity index (χ0n) is 11.2. The van der Waals surface area contributed by atoms with E-state index in [-0.39, 0.29) is 11.1 Å². The van der Waals surface area contributed by atoms with Gasteiger partial charge in [-0.15, -0.1) is 0 Å². The number of hydrogen-bond donors (Lipinski definition) is 0. The van der Waals surface area contributed by atoms with E-state index < -0.39 is 37.4 Å². The summed E-state index contributed by atoms with van der Waals surface area (Å²) < 4.78 is 46.9. The van der Waals surface area contributed by atoms with E-state index in [2.05, 4.69) is 15.9 Å². The second-order valence-electron chi connectivity index (χ2n) is 4.08. The van der Waals surface area contributed by atoms with Crippen molar-refractivity contribution in [2.24, 2.45) is 0 Å². The number of esters is 1. The summed E-state index contributed by atoms with van der Waals surface area (Å²) in [6.45, 7) is 3.95. The first-order chi connectivity index (χ1) is 9.66. The van der Waals surface area contributed by atoms with Gasteiger partial charge < -0.3 is 9.47 Å². The molecule has 0 aromatic heterocycles. The minimum absolute atomic E-state index is 0.151. The molecule has 0 bridgehead atoms. The molecular weight excluding hydrogens is 391 g/mol. The molecule has 0 heterocycles. The molecule has 0 aliphatic heterocycles. The number of carbonyl (C=O) groups is 1. The number of ether oxygens (including phenoxy) is 2. The molecule has 0 N–H and O–H groups in total. The fourth-order valence-electron chi connectivity index (χ4n) is 1.45. The maximum atomic E-state index is 14.1. The first-order valence-electron chi connectivity index (χ1n) is 5.89. The van der Waals surface area contributed by atoms with Crippen LogP contribution < -0.4 is 0 Å². The molecule has 0 aliphatic carbocycles. The number of benzene rings is 1. The van der Waals surface area contributed by atoms with E-state index >= 15 is 0 Å². The molecule has 9 heteroatoms. The van der Waals surface area contributed by atoms with E-state index in [4.69, 9.17) is 20.2 Å². The van der Waals surface area contributed by atoms with E-state index in [1.54, 1.807) is 13.8 Å². The maximum Gasteiger partial charge on any atom is 0.341 e. The lowest BCUT2D eigenvalue weighted by Crippen LogP contribution is -2.21. The van der Waals surface area contributed by atoms with Crippen LogP contribution >= 0.6 is 26.6 Å². The Hall–Kier alpha value is -0.700. The Labute approximate surface area is 134 Å². The highest BCUT2D eigenvalue weighted by Crippen LogP contribution is 2.27. The van der Waals surface area contributed by atoms with Gasteiger partial charge in [-0.05, 0) is 26.0 Å². The van der Waals surface area contributed by atoms with Crippen molar-refractivity contribution in [1.82, 2.24) is 0 Å². The summed E-state index contributed by atoms with van der Waals surface area (Å²) in [5.41, 5.74) is -0.521. The quantitative estimate of drug-likeness (QED) is 0.539. The van der Waals surface area contributed by atoms with Crippen molar-refractivity contribution in [3.63, 3.8) is 0 Å². The van der Waals surface area contributed by atoms with E-state index in [0.717, 1.165) is 12.1 Å². The lowest BCUT2D eigenvalue weighted by atomic mass is 10.2. The Bertz CT molecular complexity index is 635. The van der Waals surface area contributed by atoms with Gasteiger partial charge in [0.1, 0.15) is 11.0 Å². The molecule has 5 nitrogen and oxygen atoms in total. The molecule has 0 aliphatic rings. The van der Waals surface area contributed by atoms with Gasteiger partial charge in [-0.2, -0.15) is 0 Å². The molecule has 0 radical (unpaired) electrons. The summed E-state index contributed by atoms with van der Waals surface area (Å²) in [7, 11) is 0.806. The Morgan fingerprint density at radius 2 is 2.10 bits per heavy atom. The molecule has 21 heavy (non-hydrogen) atoms. The Balaban J connectivity index is 3.08. The molecule has 1 unspecified atom stereocenters. The van der Waals surface area contributed by atoms with E-state index in [1.807, 2.05) is 0 Å². The predicted octanol–water partition coefficient (Wildman–Crippen LogP) is 3.10. The smallest absolute Gasteiger partial charge is 0.341 e. The highest BCUT2D eigenvalue weighted by atomic mass is 79.9. The van der Waals surface area contributed by atoms with Crippen LogP contribution in [0.4, 0.5) is 4.39 Å². The highest BCUT2D eigenvalue weighted by Gasteiger charge is 2.25. The van der Waals surface area contributed by atoms with Gasteiger partial charge in [0.25, 0.3) is 9.05 Å². The summed E-state index contributed by atoms with van der Waals surface area (Å²) in [5, 5.41) is 0. The van der Waals surface area contributed by atoms with Crippen LogP contribution in [0.2, 0.25) is 0 Å². The standard InChI is InChI=1S/C12H13BrClFO5S/c1-3-19-6-7(2)20-12(16)9-4-8(13)5-10(11(9)15)21(14,17)18/h4-5,7H,3,6H2,1-2H3. The maximum absolute atomic E-state index is 14.1. The fourth-order valence-corrected chi connectivity index (χ4v) is 2.99. The second-order valence-corrected chi connectivity index (χ2v) is 7.53. The molecule has 1 atom stereocenters. The van der Waals surface area contributed by atoms with Crippen molar-refractivity contribution in [1.29, 1.82) is 0 Å². The molecule has 0 saturated carbocycles. The highest BCUT2D eigenvalue weighted by molar-refractivity contribution is 9.10. The van der Waals surface area contributed by atoms with Gasteiger partial charge in [0, 0.05) is 21.8 Å². The summed E-state index contributed by atoms with van der Waals surface area (Å²) in [6.07, 6.45) is -0.605. The van der Waals surface area contributed by atoms with Crippen molar-refractivity contribution < 1.29 is 27.1 Å². The van der Waals surface area contributed by atoms with Gasteiger partial charge >= 0.3 is 5.97 Å². The normalized spacial score (nSPS) is 13.0. The van der Waals surface area contributed by atoms with Crippen molar-refractivity contribution >= 4 is 41.6 Å². The van der Waals surface area contributed by atoms with Crippen LogP contribution in [0.1, 0.15) is 24.2 Å². The van der Waals surface area contributed by atoms with E-state index in [1.165, 1.54) is 0 Å². The third-order valence-corrected chi connectivity index (χ3v) is 4.13. The average Bonchev–Trinajstić information content (AvgIpc) is 2.37. The zero-order valence-corrected chi connectivity index (χ0v) is 14.4. The monoisotopic (exact) mass is 402 g/mol. The van der Waals surface area contributed by atoms with Gasteiger partial charge in [0.2, 0.25) is 0 Å². The fraction of sp³-hybridized carbons (Fsp3) is 0.417. The molecule has 1 aromatic carbocycles. The SMILES string of the molecule is CCOCC(C)OC(=O)c1cc(Br)cc(S(=O)(=O)Cl)c1F. The molecular formula is C12H13BrClFO5S. The first-order valence-corrected chi connectivity index (χ1v) is 8.99. The minimum Gasteiger partial charge on any atom is -0.457 e. The first kappa shape index (κ1) is 18.3. The predicted molar refractivity (Wildman–Crippen MR) is 78.5 cm³/mol. The topological polar surface area (TPSA) is 69.7 Å². The molecule has 1 rings (SSSR count). The third kappa shape index (κ3) is 5.21. The molecule has 0 saturated heterocycles. The van der Waals surface area contributed by atoms with Gasteiger partial charge in [0.05, 0.1) is 12.2 Å². The lowest BCUT2D eigenvalue weighted by Gasteiger charge is -2.14. The van der Waals surface area contributed by atoms with Crippen LogP contribution in [-0.2, 0) is 18.5 Å². The van der Waals surface area contributed by atoms with Crippen molar-refractivity contribution in [2.75, 3.05) is 13.2 Å². The summed E-state index contributed by atoms with van der Waals surface area (Å²) in [5.74, 6) is -2.25. The van der Waals surface area contributed by atoms with Crippen molar-refractivity contribution in [2.45, 2.75) is 24.8 Å². The number of hydrogen-bond acceptors (Lipinski definition) is 5. The van der Waals surface area contributed by atoms with Crippen LogP contribution in [0, 0.1) is 5.82 Å². The van der Waals surface area contributed by atoms with Gasteiger partial charge in [-0.25, -0.2) is 17.6 Å². The summed E-state index contributed by atoms with van der Waals surface area (Å²) >= 11 is 2.99. The van der Waals surface area contributed by atoms with Crippen LogP contribution in [0.5, 0.6) is 0 Å². The molecule has 0 spiro atoms. The number of halogens is 3. The third-order valence-electron chi connectivity index (χ3n) is 2.35. The van der Waals surface area contributed by atoms with Crippen LogP contribution in [0.25, 0.3) is 0 Å². The van der Waals surface area contributed by atoms with Crippen molar-refractivity contribution in [3.8, 4) is 0 Å². The van der Waals surface area contributed by atoms with Crippen LogP contribution in [0.3, 0.4) is 0 Å². The average molecular weight is 404 g/mol. The Kier molecular flexibility index (Phi) is 6.58. The molecule has 0 amide bonds.